The van der Waals surface area contributed by atoms with Crippen LogP contribution in [0.25, 0.3) is 0 Å². The Morgan fingerprint density at radius 3 is 1.50 bits per heavy atom. The van der Waals surface area contributed by atoms with Crippen molar-refractivity contribution < 1.29 is 9.47 Å². The highest BCUT2D eigenvalue weighted by atomic mass is 16.5. The van der Waals surface area contributed by atoms with E-state index in [-0.39, 0.29) is 0 Å². The molecule has 0 spiro atoms. The summed E-state index contributed by atoms with van der Waals surface area (Å²) in [6, 6.07) is 0. The van der Waals surface area contributed by atoms with Crippen LogP contribution in [-0.2, 0) is 9.47 Å². The lowest BCUT2D eigenvalue weighted by Crippen LogP contribution is -2.34. The molecule has 0 aromatic heterocycles. The third kappa shape index (κ3) is 6.58. The van der Waals surface area contributed by atoms with Gasteiger partial charge < -0.3 is 9.47 Å². The molecule has 0 heterocycles. The summed E-state index contributed by atoms with van der Waals surface area (Å²) >= 11 is 0. The highest BCUT2D eigenvalue weighted by molar-refractivity contribution is 4.82. The van der Waals surface area contributed by atoms with Crippen LogP contribution in [0.4, 0.5) is 0 Å². The van der Waals surface area contributed by atoms with Crippen molar-refractivity contribution in [2.75, 3.05) is 26.4 Å². The zero-order chi connectivity index (χ0) is 14.8. The van der Waals surface area contributed by atoms with E-state index in [0.717, 1.165) is 38.3 Å². The maximum Gasteiger partial charge on any atom is 0.0497 e. The van der Waals surface area contributed by atoms with E-state index in [1.807, 2.05) is 0 Å². The third-order valence-electron chi connectivity index (χ3n) is 4.94. The Labute approximate surface area is 126 Å². The average molecular weight is 284 g/mol. The highest BCUT2D eigenvalue weighted by Crippen LogP contribution is 2.38. The van der Waals surface area contributed by atoms with Crippen LogP contribution in [0.15, 0.2) is 0 Å². The van der Waals surface area contributed by atoms with E-state index < -0.39 is 0 Å². The summed E-state index contributed by atoms with van der Waals surface area (Å²) in [6.45, 7) is 13.0. The molecule has 0 aromatic carbocycles. The lowest BCUT2D eigenvalue weighted by molar-refractivity contribution is -0.0109. The molecule has 2 nitrogen and oxygen atoms in total. The van der Waals surface area contributed by atoms with Crippen LogP contribution in [0.1, 0.15) is 66.2 Å². The Morgan fingerprint density at radius 1 is 0.750 bits per heavy atom. The molecule has 1 fully saturated rings. The molecular formula is C18H36O2. The molecule has 4 atom stereocenters. The normalized spacial score (nSPS) is 30.6. The van der Waals surface area contributed by atoms with Crippen LogP contribution in [-0.4, -0.2) is 26.4 Å². The van der Waals surface area contributed by atoms with Gasteiger partial charge in [0, 0.05) is 26.4 Å². The maximum absolute atomic E-state index is 5.90. The number of ether oxygens (including phenoxy) is 2. The van der Waals surface area contributed by atoms with Gasteiger partial charge in [-0.15, -0.1) is 0 Å². The van der Waals surface area contributed by atoms with E-state index >= 15 is 0 Å². The van der Waals surface area contributed by atoms with E-state index in [2.05, 4.69) is 27.7 Å². The smallest absolute Gasteiger partial charge is 0.0497 e. The van der Waals surface area contributed by atoms with Gasteiger partial charge in [0.1, 0.15) is 0 Å². The van der Waals surface area contributed by atoms with Gasteiger partial charge in [-0.3, -0.25) is 0 Å². The van der Waals surface area contributed by atoms with Crippen LogP contribution in [0, 0.1) is 23.7 Å². The van der Waals surface area contributed by atoms with Crippen LogP contribution in [0.2, 0.25) is 0 Å². The predicted molar refractivity (Wildman–Crippen MR) is 86.0 cm³/mol. The van der Waals surface area contributed by atoms with E-state index in [0.29, 0.717) is 11.8 Å². The van der Waals surface area contributed by atoms with Crippen molar-refractivity contribution in [2.45, 2.75) is 66.2 Å². The second kappa shape index (κ2) is 10.6. The summed E-state index contributed by atoms with van der Waals surface area (Å²) < 4.78 is 11.8. The molecule has 1 saturated carbocycles. The zero-order valence-electron chi connectivity index (χ0n) is 14.2. The Balaban J connectivity index is 2.34. The van der Waals surface area contributed by atoms with Gasteiger partial charge in [0.25, 0.3) is 0 Å². The van der Waals surface area contributed by atoms with Gasteiger partial charge in [0.2, 0.25) is 0 Å². The van der Waals surface area contributed by atoms with Crippen molar-refractivity contribution in [3.8, 4) is 0 Å². The SMILES string of the molecule is CCCCOCC1CC(C)C(C)CC1COCCCC. The monoisotopic (exact) mass is 284 g/mol. The molecule has 120 valence electrons. The van der Waals surface area contributed by atoms with Gasteiger partial charge in [0.15, 0.2) is 0 Å². The van der Waals surface area contributed by atoms with Crippen LogP contribution in [0.5, 0.6) is 0 Å². The topological polar surface area (TPSA) is 18.5 Å². The van der Waals surface area contributed by atoms with Gasteiger partial charge in [-0.1, -0.05) is 40.5 Å². The molecule has 1 aliphatic carbocycles. The van der Waals surface area contributed by atoms with Crippen molar-refractivity contribution >= 4 is 0 Å². The summed E-state index contributed by atoms with van der Waals surface area (Å²) in [5, 5.41) is 0. The van der Waals surface area contributed by atoms with Crippen molar-refractivity contribution in [3.05, 3.63) is 0 Å². The fourth-order valence-electron chi connectivity index (χ4n) is 3.18. The lowest BCUT2D eigenvalue weighted by atomic mass is 9.70. The van der Waals surface area contributed by atoms with Crippen molar-refractivity contribution in [3.63, 3.8) is 0 Å². The first-order chi connectivity index (χ1) is 9.69. The van der Waals surface area contributed by atoms with Gasteiger partial charge in [0.05, 0.1) is 0 Å². The highest BCUT2D eigenvalue weighted by Gasteiger charge is 2.33. The molecular weight excluding hydrogens is 248 g/mol. The first kappa shape index (κ1) is 18.0. The maximum atomic E-state index is 5.90. The van der Waals surface area contributed by atoms with E-state index in [1.165, 1.54) is 38.5 Å². The average Bonchev–Trinajstić information content (AvgIpc) is 2.44. The van der Waals surface area contributed by atoms with Crippen LogP contribution in [0.3, 0.4) is 0 Å². The Morgan fingerprint density at radius 2 is 1.15 bits per heavy atom. The number of hydrogen-bond acceptors (Lipinski definition) is 2. The summed E-state index contributed by atoms with van der Waals surface area (Å²) in [4.78, 5) is 0. The first-order valence-corrected chi connectivity index (χ1v) is 8.84. The van der Waals surface area contributed by atoms with Crippen molar-refractivity contribution in [2.24, 2.45) is 23.7 Å². The fourth-order valence-corrected chi connectivity index (χ4v) is 3.18. The molecule has 2 heteroatoms. The molecule has 4 unspecified atom stereocenters. The molecule has 1 rings (SSSR count). The second-order valence-electron chi connectivity index (χ2n) is 6.80. The minimum Gasteiger partial charge on any atom is -0.381 e. The van der Waals surface area contributed by atoms with E-state index in [4.69, 9.17) is 9.47 Å². The fraction of sp³-hybridized carbons (Fsp3) is 1.00. The van der Waals surface area contributed by atoms with E-state index in [9.17, 15) is 0 Å². The number of rotatable bonds is 10. The Kier molecular flexibility index (Phi) is 9.54. The lowest BCUT2D eigenvalue weighted by Gasteiger charge is -2.38. The number of unbranched alkanes of at least 4 members (excludes halogenated alkanes) is 2. The summed E-state index contributed by atoms with van der Waals surface area (Å²) in [6.07, 6.45) is 7.46. The quantitative estimate of drug-likeness (QED) is 0.530. The summed E-state index contributed by atoms with van der Waals surface area (Å²) in [5.41, 5.74) is 0. The molecule has 0 aliphatic heterocycles. The Hall–Kier alpha value is -0.0800. The van der Waals surface area contributed by atoms with Crippen LogP contribution < -0.4 is 0 Å². The van der Waals surface area contributed by atoms with Crippen LogP contribution >= 0.6 is 0 Å². The standard InChI is InChI=1S/C18H36O2/c1-5-7-9-19-13-17-11-15(3)16(4)12-18(17)14-20-10-8-6-2/h15-18H,5-14H2,1-4H3. The Bertz CT molecular complexity index is 205. The van der Waals surface area contributed by atoms with E-state index in [1.54, 1.807) is 0 Å². The molecule has 0 bridgehead atoms. The summed E-state index contributed by atoms with van der Waals surface area (Å²) in [5.74, 6) is 3.09. The first-order valence-electron chi connectivity index (χ1n) is 8.84. The van der Waals surface area contributed by atoms with Gasteiger partial charge in [-0.05, 0) is 49.4 Å². The minimum atomic E-state index is 0.708. The van der Waals surface area contributed by atoms with Gasteiger partial charge in [-0.2, -0.15) is 0 Å². The molecule has 0 N–H and O–H groups in total. The van der Waals surface area contributed by atoms with Gasteiger partial charge >= 0.3 is 0 Å². The molecule has 20 heavy (non-hydrogen) atoms. The number of hydrogen-bond donors (Lipinski definition) is 0. The summed E-state index contributed by atoms with van der Waals surface area (Å²) in [7, 11) is 0. The molecule has 0 saturated heterocycles. The molecule has 0 aromatic rings. The molecule has 1 aliphatic rings. The van der Waals surface area contributed by atoms with Crippen molar-refractivity contribution in [1.29, 1.82) is 0 Å². The third-order valence-corrected chi connectivity index (χ3v) is 4.94. The van der Waals surface area contributed by atoms with Gasteiger partial charge in [-0.25, -0.2) is 0 Å². The molecule has 0 amide bonds. The minimum absolute atomic E-state index is 0.708. The predicted octanol–water partition coefficient (Wildman–Crippen LogP) is 4.92. The molecule has 0 radical (unpaired) electrons. The second-order valence-corrected chi connectivity index (χ2v) is 6.80. The van der Waals surface area contributed by atoms with Crippen molar-refractivity contribution in [1.82, 2.24) is 0 Å². The zero-order valence-corrected chi connectivity index (χ0v) is 14.2. The largest absolute Gasteiger partial charge is 0.381 e.